The first kappa shape index (κ1) is 20.5. The lowest BCUT2D eigenvalue weighted by atomic mass is 10.1. The fourth-order valence-electron chi connectivity index (χ4n) is 2.75. The number of hydrogen-bond donors (Lipinski definition) is 0. The van der Waals surface area contributed by atoms with Crippen molar-refractivity contribution in [2.75, 3.05) is 5.75 Å². The van der Waals surface area contributed by atoms with Crippen LogP contribution in [0.25, 0.3) is 10.9 Å². The van der Waals surface area contributed by atoms with E-state index in [-0.39, 0.29) is 22.8 Å². The lowest BCUT2D eigenvalue weighted by molar-refractivity contribution is 0.595. The van der Waals surface area contributed by atoms with Crippen LogP contribution in [0.5, 0.6) is 0 Å². The molecule has 0 saturated carbocycles. The summed E-state index contributed by atoms with van der Waals surface area (Å²) >= 11 is 13.0. The van der Waals surface area contributed by atoms with E-state index in [4.69, 9.17) is 11.6 Å². The zero-order valence-electron chi connectivity index (χ0n) is 14.5. The van der Waals surface area contributed by atoms with Gasteiger partial charge in [-0.2, -0.15) is 0 Å². The molecule has 0 aliphatic rings. The van der Waals surface area contributed by atoms with E-state index in [1.165, 1.54) is 23.0 Å². The Morgan fingerprint density at radius 1 is 1.22 bits per heavy atom. The van der Waals surface area contributed by atoms with Crippen LogP contribution in [0.3, 0.4) is 0 Å². The number of aromatic nitrogens is 2. The number of fused-ring (bicyclic) bond motifs is 1. The molecule has 0 radical (unpaired) electrons. The second-order valence-corrected chi connectivity index (χ2v) is 10.4. The van der Waals surface area contributed by atoms with Crippen molar-refractivity contribution in [1.82, 2.24) is 9.55 Å². The van der Waals surface area contributed by atoms with E-state index in [0.717, 1.165) is 14.5 Å². The highest BCUT2D eigenvalue weighted by molar-refractivity contribution is 9.11. The lowest BCUT2D eigenvalue weighted by Gasteiger charge is -2.13. The number of halogens is 3. The van der Waals surface area contributed by atoms with Crippen molar-refractivity contribution >= 4 is 64.2 Å². The maximum Gasteiger partial charge on any atom is 0.261 e. The summed E-state index contributed by atoms with van der Waals surface area (Å²) in [5.41, 5.74) is 1.70. The van der Waals surface area contributed by atoms with E-state index in [1.54, 1.807) is 19.1 Å². The average molecular weight is 535 g/mol. The van der Waals surface area contributed by atoms with Gasteiger partial charge in [0.1, 0.15) is 0 Å². The minimum atomic E-state index is -3.45. The van der Waals surface area contributed by atoms with Gasteiger partial charge in [0.2, 0.25) is 0 Å². The van der Waals surface area contributed by atoms with Crippen LogP contribution in [0.15, 0.2) is 49.2 Å². The molecule has 27 heavy (non-hydrogen) atoms. The van der Waals surface area contributed by atoms with Gasteiger partial charge in [0.15, 0.2) is 9.84 Å². The summed E-state index contributed by atoms with van der Waals surface area (Å²) in [4.78, 5) is 17.5. The van der Waals surface area contributed by atoms with E-state index in [2.05, 4.69) is 36.8 Å². The first-order chi connectivity index (χ1) is 12.7. The van der Waals surface area contributed by atoms with Gasteiger partial charge < -0.3 is 0 Å². The summed E-state index contributed by atoms with van der Waals surface area (Å²) in [6, 6.07) is 6.31. The van der Waals surface area contributed by atoms with Gasteiger partial charge in [-0.05, 0) is 58.2 Å². The zero-order valence-corrected chi connectivity index (χ0v) is 19.2. The molecule has 0 atom stereocenters. The van der Waals surface area contributed by atoms with Crippen molar-refractivity contribution < 1.29 is 8.42 Å². The first-order valence-corrected chi connectivity index (χ1v) is 11.6. The highest BCUT2D eigenvalue weighted by Crippen LogP contribution is 2.30. The Balaban J connectivity index is 2.19. The van der Waals surface area contributed by atoms with E-state index in [9.17, 15) is 13.2 Å². The van der Waals surface area contributed by atoms with E-state index >= 15 is 0 Å². The van der Waals surface area contributed by atoms with Gasteiger partial charge in [-0.1, -0.05) is 34.5 Å². The molecule has 0 unspecified atom stereocenters. The molecule has 3 rings (SSSR count). The van der Waals surface area contributed by atoms with Crippen molar-refractivity contribution in [3.63, 3.8) is 0 Å². The molecule has 0 amide bonds. The molecule has 0 aliphatic heterocycles. The quantitative estimate of drug-likeness (QED) is 0.486. The maximum absolute atomic E-state index is 13.0. The smallest absolute Gasteiger partial charge is 0.261 e. The summed E-state index contributed by atoms with van der Waals surface area (Å²) in [5.74, 6) is -0.0360. The Bertz CT molecular complexity index is 1220. The van der Waals surface area contributed by atoms with E-state index in [0.29, 0.717) is 21.5 Å². The Labute approximate surface area is 178 Å². The average Bonchev–Trinajstić information content (AvgIpc) is 2.62. The topological polar surface area (TPSA) is 69.0 Å². The molecule has 1 aromatic heterocycles. The van der Waals surface area contributed by atoms with Gasteiger partial charge in [-0.25, -0.2) is 13.4 Å². The van der Waals surface area contributed by atoms with Gasteiger partial charge in [0, 0.05) is 14.0 Å². The molecule has 5 nitrogen and oxygen atoms in total. The number of hydrogen-bond acceptors (Lipinski definition) is 4. The third-order valence-corrected chi connectivity index (χ3v) is 8.17. The monoisotopic (exact) mass is 532 g/mol. The fourth-order valence-corrected chi connectivity index (χ4v) is 5.28. The normalized spacial score (nSPS) is 11.9. The van der Waals surface area contributed by atoms with Crippen LogP contribution >= 0.6 is 43.5 Å². The Morgan fingerprint density at radius 2 is 1.93 bits per heavy atom. The van der Waals surface area contributed by atoms with Crippen LogP contribution in [0, 0.1) is 6.92 Å². The van der Waals surface area contributed by atoms with Crippen molar-refractivity contribution in [2.45, 2.75) is 25.3 Å². The third-order valence-electron chi connectivity index (χ3n) is 4.32. The third kappa shape index (κ3) is 3.85. The van der Waals surface area contributed by atoms with Crippen LogP contribution in [-0.2, 0) is 16.4 Å². The molecule has 9 heteroatoms. The fraction of sp³-hybridized carbons (Fsp3) is 0.222. The van der Waals surface area contributed by atoms with Crippen LogP contribution in [0.1, 0.15) is 18.1 Å². The van der Waals surface area contributed by atoms with Crippen molar-refractivity contribution in [3.8, 4) is 0 Å². The summed E-state index contributed by atoms with van der Waals surface area (Å²) in [6.45, 7) is 3.55. The van der Waals surface area contributed by atoms with Crippen LogP contribution in [0.4, 0.5) is 0 Å². The van der Waals surface area contributed by atoms with Crippen molar-refractivity contribution in [2.24, 2.45) is 0 Å². The summed E-state index contributed by atoms with van der Waals surface area (Å²) in [7, 11) is -3.45. The molecule has 0 fully saturated rings. The highest BCUT2D eigenvalue weighted by atomic mass is 79.9. The van der Waals surface area contributed by atoms with E-state index < -0.39 is 9.84 Å². The molecule has 142 valence electrons. The van der Waals surface area contributed by atoms with Gasteiger partial charge in [-0.3, -0.25) is 9.36 Å². The number of nitrogens with zero attached hydrogens (tertiary/aromatic N) is 2. The summed E-state index contributed by atoms with van der Waals surface area (Å²) in [5, 5.41) is 0.840. The Kier molecular flexibility index (Phi) is 5.82. The maximum atomic E-state index is 13.0. The molecule has 0 aliphatic carbocycles. The minimum Gasteiger partial charge on any atom is -0.294 e. The van der Waals surface area contributed by atoms with Gasteiger partial charge >= 0.3 is 0 Å². The number of rotatable bonds is 4. The molecule has 0 saturated heterocycles. The van der Waals surface area contributed by atoms with E-state index in [1.807, 2.05) is 6.92 Å². The molecule has 0 N–H and O–H groups in total. The Hall–Kier alpha value is -1.22. The number of sulfone groups is 1. The Morgan fingerprint density at radius 3 is 2.59 bits per heavy atom. The molecule has 0 bridgehead atoms. The SMILES string of the molecule is CCS(=O)(=O)c1ccc(Cl)cc1Cn1cnc2c(Br)c(C)c(Br)cc2c1=O. The standard InChI is InChI=1S/C18H15Br2ClN2O3S/c1-3-27(25,26)15-5-4-12(21)6-11(15)8-23-9-22-17-13(18(23)24)7-14(19)10(2)16(17)20/h4-7,9H,3,8H2,1-2H3. The van der Waals surface area contributed by atoms with Crippen LogP contribution < -0.4 is 5.56 Å². The van der Waals surface area contributed by atoms with Gasteiger partial charge in [-0.15, -0.1) is 0 Å². The zero-order chi connectivity index (χ0) is 19.9. The van der Waals surface area contributed by atoms with Gasteiger partial charge in [0.05, 0.1) is 34.4 Å². The molecule has 2 aromatic carbocycles. The minimum absolute atomic E-state index is 0.0360. The van der Waals surface area contributed by atoms with Gasteiger partial charge in [0.25, 0.3) is 5.56 Å². The van der Waals surface area contributed by atoms with Crippen molar-refractivity contribution in [1.29, 1.82) is 0 Å². The first-order valence-electron chi connectivity index (χ1n) is 8.00. The molecular formula is C18H15Br2ClN2O3S. The molecule has 0 spiro atoms. The predicted molar refractivity (Wildman–Crippen MR) is 114 cm³/mol. The molecule has 3 aromatic rings. The molecular weight excluding hydrogens is 520 g/mol. The lowest BCUT2D eigenvalue weighted by Crippen LogP contribution is -2.22. The van der Waals surface area contributed by atoms with Crippen LogP contribution in [-0.4, -0.2) is 23.7 Å². The van der Waals surface area contributed by atoms with Crippen LogP contribution in [0.2, 0.25) is 5.02 Å². The molecule has 1 heterocycles. The second-order valence-electron chi connectivity index (χ2n) is 6.03. The predicted octanol–water partition coefficient (Wildman–Crippen LogP) is 4.73. The number of benzene rings is 2. The summed E-state index contributed by atoms with van der Waals surface area (Å²) in [6.07, 6.45) is 1.42. The largest absolute Gasteiger partial charge is 0.294 e. The highest BCUT2D eigenvalue weighted by Gasteiger charge is 2.18. The second kappa shape index (κ2) is 7.66. The summed E-state index contributed by atoms with van der Waals surface area (Å²) < 4.78 is 27.7. The van der Waals surface area contributed by atoms with Crippen molar-refractivity contribution in [3.05, 3.63) is 66.0 Å².